The smallest absolute Gasteiger partial charge is 0.264 e. The van der Waals surface area contributed by atoms with Gasteiger partial charge in [-0.2, -0.15) is 0 Å². The molecule has 7 nitrogen and oxygen atoms in total. The Bertz CT molecular complexity index is 1530. The van der Waals surface area contributed by atoms with Gasteiger partial charge in [-0.15, -0.1) is 0 Å². The largest absolute Gasteiger partial charge is 0.352 e. The minimum Gasteiger partial charge on any atom is -0.352 e. The van der Waals surface area contributed by atoms with Gasteiger partial charge >= 0.3 is 0 Å². The summed E-state index contributed by atoms with van der Waals surface area (Å²) >= 11 is 19.4. The Morgan fingerprint density at radius 2 is 1.49 bits per heavy atom. The summed E-state index contributed by atoms with van der Waals surface area (Å²) in [4.78, 5) is 29.5. The zero-order chi connectivity index (χ0) is 31.1. The number of benzene rings is 3. The molecule has 1 saturated carbocycles. The number of carbonyl (C=O) groups excluding carboxylic acids is 2. The predicted molar refractivity (Wildman–Crippen MR) is 173 cm³/mol. The molecule has 11 heteroatoms. The van der Waals surface area contributed by atoms with Gasteiger partial charge < -0.3 is 10.2 Å². The Morgan fingerprint density at radius 1 is 0.884 bits per heavy atom. The molecule has 230 valence electrons. The molecule has 0 spiro atoms. The van der Waals surface area contributed by atoms with Gasteiger partial charge in [0, 0.05) is 33.2 Å². The van der Waals surface area contributed by atoms with Crippen molar-refractivity contribution in [3.63, 3.8) is 0 Å². The molecule has 3 aromatic rings. The number of nitrogens with zero attached hydrogens (tertiary/aromatic N) is 2. The van der Waals surface area contributed by atoms with Crippen molar-refractivity contribution in [3.8, 4) is 0 Å². The minimum atomic E-state index is -4.21. The van der Waals surface area contributed by atoms with Crippen LogP contribution in [0.5, 0.6) is 0 Å². The van der Waals surface area contributed by atoms with Gasteiger partial charge in [0.15, 0.2) is 0 Å². The summed E-state index contributed by atoms with van der Waals surface area (Å²) in [6, 6.07) is 17.0. The predicted octanol–water partition coefficient (Wildman–Crippen LogP) is 7.41. The molecule has 0 heterocycles. The molecule has 43 heavy (non-hydrogen) atoms. The van der Waals surface area contributed by atoms with Crippen LogP contribution >= 0.6 is 34.8 Å². The molecule has 0 saturated heterocycles. The summed E-state index contributed by atoms with van der Waals surface area (Å²) in [5.41, 5.74) is 1.24. The fraction of sp³-hybridized carbons (Fsp3) is 0.375. The van der Waals surface area contributed by atoms with E-state index in [4.69, 9.17) is 34.8 Å². The maximum absolute atomic E-state index is 14.3. The summed E-state index contributed by atoms with van der Waals surface area (Å²) < 4.78 is 29.1. The lowest BCUT2D eigenvalue weighted by molar-refractivity contribution is -0.140. The van der Waals surface area contributed by atoms with E-state index >= 15 is 0 Å². The van der Waals surface area contributed by atoms with Crippen LogP contribution in [0.25, 0.3) is 0 Å². The number of rotatable bonds is 11. The lowest BCUT2D eigenvalue weighted by Crippen LogP contribution is -2.54. The highest BCUT2D eigenvalue weighted by Gasteiger charge is 2.35. The minimum absolute atomic E-state index is 0.0185. The maximum atomic E-state index is 14.3. The highest BCUT2D eigenvalue weighted by molar-refractivity contribution is 7.92. The normalized spacial score (nSPS) is 14.6. The van der Waals surface area contributed by atoms with Gasteiger partial charge in [0.25, 0.3) is 10.0 Å². The number of hydrogen-bond donors (Lipinski definition) is 1. The third-order valence-corrected chi connectivity index (χ3v) is 10.7. The van der Waals surface area contributed by atoms with E-state index in [1.54, 1.807) is 61.5 Å². The molecule has 0 aliphatic heterocycles. The van der Waals surface area contributed by atoms with Crippen molar-refractivity contribution in [2.75, 3.05) is 10.8 Å². The first kappa shape index (κ1) is 33.1. The first-order valence-corrected chi connectivity index (χ1v) is 17.0. The summed E-state index contributed by atoms with van der Waals surface area (Å²) in [5, 5.41) is 4.17. The van der Waals surface area contributed by atoms with Gasteiger partial charge in [0.05, 0.1) is 10.6 Å². The van der Waals surface area contributed by atoms with Gasteiger partial charge in [-0.05, 0) is 68.1 Å². The molecule has 1 unspecified atom stereocenters. The molecule has 1 fully saturated rings. The van der Waals surface area contributed by atoms with Crippen molar-refractivity contribution < 1.29 is 18.0 Å². The van der Waals surface area contributed by atoms with Gasteiger partial charge in [-0.25, -0.2) is 8.42 Å². The van der Waals surface area contributed by atoms with Crippen LogP contribution in [-0.2, 0) is 26.2 Å². The van der Waals surface area contributed by atoms with Crippen molar-refractivity contribution in [2.24, 2.45) is 0 Å². The average molecular weight is 665 g/mol. The molecular weight excluding hydrogens is 629 g/mol. The number of amides is 2. The molecule has 4 rings (SSSR count). The Hall–Kier alpha value is -2.78. The summed E-state index contributed by atoms with van der Waals surface area (Å²) in [6.07, 6.45) is 5.25. The number of anilines is 1. The summed E-state index contributed by atoms with van der Waals surface area (Å²) in [7, 11) is -4.21. The van der Waals surface area contributed by atoms with Crippen LogP contribution in [0.4, 0.5) is 5.69 Å². The maximum Gasteiger partial charge on any atom is 0.264 e. The van der Waals surface area contributed by atoms with Gasteiger partial charge in [0.1, 0.15) is 12.6 Å². The zero-order valence-electron chi connectivity index (χ0n) is 24.2. The SMILES string of the molecule is CCC(C(=O)NC1CCCCC1)N(Cc1c(Cl)cccc1Cl)C(=O)CN(c1cccc(Cl)c1C)S(=O)(=O)c1ccccc1. The van der Waals surface area contributed by atoms with Gasteiger partial charge in [0.2, 0.25) is 11.8 Å². The van der Waals surface area contributed by atoms with Crippen molar-refractivity contribution >= 4 is 62.3 Å². The van der Waals surface area contributed by atoms with Crippen molar-refractivity contribution in [2.45, 2.75) is 75.9 Å². The molecule has 3 aromatic carbocycles. The van der Waals surface area contributed by atoms with Gasteiger partial charge in [-0.1, -0.05) is 91.3 Å². The van der Waals surface area contributed by atoms with E-state index in [-0.39, 0.29) is 29.1 Å². The fourth-order valence-electron chi connectivity index (χ4n) is 5.42. The van der Waals surface area contributed by atoms with Crippen LogP contribution in [0.3, 0.4) is 0 Å². The number of halogens is 3. The highest BCUT2D eigenvalue weighted by Crippen LogP contribution is 2.32. The molecule has 1 N–H and O–H groups in total. The average Bonchev–Trinajstić information content (AvgIpc) is 2.99. The highest BCUT2D eigenvalue weighted by atomic mass is 35.5. The van der Waals surface area contributed by atoms with Gasteiger partial charge in [-0.3, -0.25) is 13.9 Å². The Morgan fingerprint density at radius 3 is 2.12 bits per heavy atom. The van der Waals surface area contributed by atoms with Crippen molar-refractivity contribution in [1.82, 2.24) is 10.2 Å². The lowest BCUT2D eigenvalue weighted by Gasteiger charge is -2.35. The van der Waals surface area contributed by atoms with E-state index in [0.717, 1.165) is 36.4 Å². The number of hydrogen-bond acceptors (Lipinski definition) is 4. The van der Waals surface area contributed by atoms with Crippen molar-refractivity contribution in [1.29, 1.82) is 0 Å². The molecule has 0 bridgehead atoms. The van der Waals surface area contributed by atoms with E-state index in [9.17, 15) is 18.0 Å². The van der Waals surface area contributed by atoms with Crippen molar-refractivity contribution in [3.05, 3.63) is 92.9 Å². The quantitative estimate of drug-likeness (QED) is 0.231. The van der Waals surface area contributed by atoms with Crippen LogP contribution < -0.4 is 9.62 Å². The third-order valence-electron chi connectivity index (χ3n) is 7.85. The van der Waals surface area contributed by atoms with E-state index < -0.39 is 28.5 Å². The van der Waals surface area contributed by atoms with Crippen LogP contribution in [0.15, 0.2) is 71.6 Å². The zero-order valence-corrected chi connectivity index (χ0v) is 27.3. The second-order valence-electron chi connectivity index (χ2n) is 10.7. The molecule has 0 aromatic heterocycles. The molecule has 2 amide bonds. The molecule has 1 aliphatic rings. The van der Waals surface area contributed by atoms with E-state index in [1.807, 2.05) is 6.92 Å². The first-order chi connectivity index (χ1) is 20.5. The summed E-state index contributed by atoms with van der Waals surface area (Å²) in [6.45, 7) is 2.86. The number of sulfonamides is 1. The second kappa shape index (κ2) is 14.8. The van der Waals surface area contributed by atoms with Crippen LogP contribution in [0.1, 0.15) is 56.6 Å². The molecule has 0 radical (unpaired) electrons. The Labute approximate surface area is 269 Å². The first-order valence-electron chi connectivity index (χ1n) is 14.4. The summed E-state index contributed by atoms with van der Waals surface area (Å²) in [5.74, 6) is -0.872. The van der Waals surface area contributed by atoms with Crippen LogP contribution in [0, 0.1) is 6.92 Å². The standard InChI is InChI=1S/C32H36Cl3N3O4S/c1-3-29(32(40)36-23-12-6-4-7-13-23)37(20-25-27(34)17-10-18-28(25)35)31(39)21-38(30-19-11-16-26(33)22(30)2)43(41,42)24-14-8-5-9-15-24/h5,8-11,14-19,23,29H,3-4,6-7,12-13,20-21H2,1-2H3,(H,36,40). The molecule has 1 atom stereocenters. The Balaban J connectivity index is 1.76. The van der Waals surface area contributed by atoms with Crippen LogP contribution in [0.2, 0.25) is 15.1 Å². The fourth-order valence-corrected chi connectivity index (χ4v) is 7.60. The van der Waals surface area contributed by atoms with E-state index in [1.165, 1.54) is 17.0 Å². The van der Waals surface area contributed by atoms with E-state index in [0.29, 0.717) is 32.6 Å². The molecular formula is C32H36Cl3N3O4S. The topological polar surface area (TPSA) is 86.8 Å². The number of carbonyl (C=O) groups is 2. The number of nitrogens with one attached hydrogen (secondary N) is 1. The Kier molecular flexibility index (Phi) is 11.4. The third kappa shape index (κ3) is 7.85. The van der Waals surface area contributed by atoms with Crippen LogP contribution in [-0.4, -0.2) is 43.8 Å². The lowest BCUT2D eigenvalue weighted by atomic mass is 9.95. The van der Waals surface area contributed by atoms with E-state index in [2.05, 4.69) is 5.32 Å². The monoisotopic (exact) mass is 663 g/mol. The molecule has 1 aliphatic carbocycles. The second-order valence-corrected chi connectivity index (χ2v) is 13.8.